The molecule has 2 rings (SSSR count). The van der Waals surface area contributed by atoms with Gasteiger partial charge in [-0.25, -0.2) is 6.07 Å². The van der Waals surface area contributed by atoms with Gasteiger partial charge in [0.15, 0.2) is 0 Å². The van der Waals surface area contributed by atoms with Crippen LogP contribution in [0.3, 0.4) is 0 Å². The Labute approximate surface area is 124 Å². The number of rotatable bonds is 2. The van der Waals surface area contributed by atoms with Gasteiger partial charge >= 0.3 is 17.1 Å². The first kappa shape index (κ1) is 17.8. The van der Waals surface area contributed by atoms with E-state index in [9.17, 15) is 13.5 Å². The van der Waals surface area contributed by atoms with Crippen molar-refractivity contribution in [1.29, 1.82) is 0 Å². The van der Waals surface area contributed by atoms with Crippen molar-refractivity contribution in [3.05, 3.63) is 59.9 Å². The molecule has 0 aromatic heterocycles. The van der Waals surface area contributed by atoms with E-state index in [1.54, 1.807) is 19.1 Å². The summed E-state index contributed by atoms with van der Waals surface area (Å²) in [6.45, 7) is 1.56. The topological polar surface area (TPSA) is 66.4 Å². The van der Waals surface area contributed by atoms with Gasteiger partial charge in [0.25, 0.3) is 10.1 Å². The molecule has 6 heteroatoms. The summed E-state index contributed by atoms with van der Waals surface area (Å²) in [5, 5.41) is 10.5. The fourth-order valence-corrected chi connectivity index (χ4v) is 1.91. The van der Waals surface area contributed by atoms with Crippen LogP contribution in [-0.4, -0.2) is 15.5 Å². The molecule has 0 aliphatic heterocycles. The second-order valence-electron chi connectivity index (χ2n) is 3.47. The van der Waals surface area contributed by atoms with E-state index in [0.717, 1.165) is 12.7 Å². The molecule has 104 valence electrons. The standard InChI is InChI=1S/C7H8O.C6H7O3S.Fe/c1-6(8)7-4-2-3-5-7;1-9-10(7,8)6-4-2-3-5-6;/h2-5,8H,1H3;2-5H,1H3;/q;-1;+2/p-1. The fourth-order valence-electron chi connectivity index (χ4n) is 1.23. The van der Waals surface area contributed by atoms with Gasteiger partial charge in [0.1, 0.15) is 0 Å². The zero-order valence-corrected chi connectivity index (χ0v) is 12.4. The van der Waals surface area contributed by atoms with Crippen LogP contribution in [0.25, 0.3) is 0 Å². The van der Waals surface area contributed by atoms with Crippen molar-refractivity contribution in [3.8, 4) is 0 Å². The maximum Gasteiger partial charge on any atom is 2.00 e. The summed E-state index contributed by atoms with van der Waals surface area (Å²) in [5.41, 5.74) is 0.796. The number of allylic oxidation sites excluding steroid dienone is 6. The normalized spacial score (nSPS) is 12.6. The van der Waals surface area contributed by atoms with Gasteiger partial charge in [-0.3, -0.25) is 4.18 Å². The van der Waals surface area contributed by atoms with E-state index in [-0.39, 0.29) is 27.7 Å². The van der Waals surface area contributed by atoms with Crippen LogP contribution < -0.4 is 5.11 Å². The van der Waals surface area contributed by atoms with E-state index in [2.05, 4.69) is 4.18 Å². The maximum atomic E-state index is 10.8. The summed E-state index contributed by atoms with van der Waals surface area (Å²) in [7, 11) is -2.31. The molecule has 0 fully saturated rings. The Morgan fingerprint density at radius 2 is 1.89 bits per heavy atom. The fraction of sp³-hybridized carbons (Fsp3) is 0.154. The van der Waals surface area contributed by atoms with Crippen LogP contribution in [0.5, 0.6) is 0 Å². The van der Waals surface area contributed by atoms with Gasteiger partial charge in [-0.05, 0) is 10.5 Å². The summed E-state index contributed by atoms with van der Waals surface area (Å²) in [6.07, 6.45) is 7.33. The Morgan fingerprint density at radius 3 is 2.21 bits per heavy atom. The molecule has 0 radical (unpaired) electrons. The predicted octanol–water partition coefficient (Wildman–Crippen LogP) is 1.48. The van der Waals surface area contributed by atoms with Gasteiger partial charge in [-0.2, -0.15) is 26.6 Å². The van der Waals surface area contributed by atoms with E-state index < -0.39 is 10.1 Å². The first-order valence-corrected chi connectivity index (χ1v) is 6.63. The van der Waals surface area contributed by atoms with E-state index in [0.29, 0.717) is 0 Å². The molecular weight excluding hydrogens is 308 g/mol. The van der Waals surface area contributed by atoms with Crippen molar-refractivity contribution in [1.82, 2.24) is 0 Å². The Balaban J connectivity index is 0.000000331. The number of hydrogen-bond acceptors (Lipinski definition) is 4. The zero-order valence-electron chi connectivity index (χ0n) is 10.5. The average molecular weight is 322 g/mol. The summed E-state index contributed by atoms with van der Waals surface area (Å²) >= 11 is 0. The second-order valence-corrected chi connectivity index (χ2v) is 5.18. The van der Waals surface area contributed by atoms with Crippen molar-refractivity contribution in [2.75, 3.05) is 7.11 Å². The molecule has 0 amide bonds. The third kappa shape index (κ3) is 5.53. The minimum absolute atomic E-state index is 0. The van der Waals surface area contributed by atoms with Crippen LogP contribution in [0.2, 0.25) is 0 Å². The van der Waals surface area contributed by atoms with E-state index in [1.165, 1.54) is 12.1 Å². The quantitative estimate of drug-likeness (QED) is 0.358. The molecule has 0 bridgehead atoms. The maximum absolute atomic E-state index is 10.8. The van der Waals surface area contributed by atoms with Crippen LogP contribution in [0.1, 0.15) is 6.92 Å². The molecule has 1 aromatic rings. The Kier molecular flexibility index (Phi) is 7.56. The minimum atomic E-state index is -3.45. The van der Waals surface area contributed by atoms with Crippen LogP contribution in [0, 0.1) is 0 Å². The van der Waals surface area contributed by atoms with Crippen LogP contribution >= 0.6 is 0 Å². The molecule has 0 heterocycles. The largest absolute Gasteiger partial charge is 2.00 e. The average Bonchev–Trinajstić information content (AvgIpc) is 3.03. The van der Waals surface area contributed by atoms with Crippen LogP contribution in [0.15, 0.2) is 64.8 Å². The molecule has 0 atom stereocenters. The summed E-state index contributed by atoms with van der Waals surface area (Å²) in [6, 6.07) is 6.26. The molecule has 19 heavy (non-hydrogen) atoms. The van der Waals surface area contributed by atoms with E-state index in [1.807, 2.05) is 24.3 Å². The van der Waals surface area contributed by atoms with Crippen molar-refractivity contribution in [2.45, 2.75) is 11.8 Å². The molecule has 1 aromatic carbocycles. The van der Waals surface area contributed by atoms with Crippen molar-refractivity contribution in [3.63, 3.8) is 0 Å². The van der Waals surface area contributed by atoms with Gasteiger partial charge in [-0.1, -0.05) is 31.2 Å². The minimum Gasteiger partial charge on any atom is -0.875 e. The molecule has 0 N–H and O–H groups in total. The van der Waals surface area contributed by atoms with Gasteiger partial charge in [-0.15, -0.1) is 5.76 Å². The molecule has 0 saturated heterocycles. The zero-order chi connectivity index (χ0) is 13.6. The third-order valence-corrected chi connectivity index (χ3v) is 3.50. The molecule has 0 saturated carbocycles. The second kappa shape index (κ2) is 8.07. The summed E-state index contributed by atoms with van der Waals surface area (Å²) in [4.78, 5) is 0.204. The van der Waals surface area contributed by atoms with Gasteiger partial charge in [0, 0.05) is 0 Å². The van der Waals surface area contributed by atoms with Crippen molar-refractivity contribution in [2.24, 2.45) is 0 Å². The molecule has 0 spiro atoms. The molecule has 1 aliphatic carbocycles. The summed E-state index contributed by atoms with van der Waals surface area (Å²) in [5.74, 6) is 0.134. The SMILES string of the molecule is CC([O-])=C1C=CC=C1.COS(=O)(=O)c1ccc[cH-]1.[Fe+2]. The van der Waals surface area contributed by atoms with Crippen molar-refractivity contribution >= 4 is 10.1 Å². The monoisotopic (exact) mass is 322 g/mol. The van der Waals surface area contributed by atoms with Gasteiger partial charge in [0.2, 0.25) is 0 Å². The van der Waals surface area contributed by atoms with E-state index >= 15 is 0 Å². The molecular formula is C13H14FeO4S. The van der Waals surface area contributed by atoms with Crippen LogP contribution in [0.4, 0.5) is 0 Å². The van der Waals surface area contributed by atoms with E-state index in [4.69, 9.17) is 0 Å². The Bertz CT molecular complexity index is 548. The number of hydrogen-bond donors (Lipinski definition) is 0. The third-order valence-electron chi connectivity index (χ3n) is 2.21. The first-order chi connectivity index (χ1) is 8.47. The molecule has 0 unspecified atom stereocenters. The molecule has 1 aliphatic rings. The van der Waals surface area contributed by atoms with Gasteiger partial charge in [0.05, 0.1) is 7.11 Å². The first-order valence-electron chi connectivity index (χ1n) is 5.22. The smallest absolute Gasteiger partial charge is 0.875 e. The predicted molar refractivity (Wildman–Crippen MR) is 67.2 cm³/mol. The van der Waals surface area contributed by atoms with Crippen LogP contribution in [-0.2, 0) is 31.4 Å². The summed E-state index contributed by atoms with van der Waals surface area (Å²) < 4.78 is 25.9. The Morgan fingerprint density at radius 1 is 1.32 bits per heavy atom. The van der Waals surface area contributed by atoms with Gasteiger partial charge < -0.3 is 5.11 Å². The van der Waals surface area contributed by atoms with Crippen molar-refractivity contribution < 1.29 is 34.8 Å². The Hall–Kier alpha value is -1.20. The molecule has 4 nitrogen and oxygen atoms in total.